The Morgan fingerprint density at radius 3 is 2.89 bits per heavy atom. The molecule has 3 rings (SSSR count). The highest BCUT2D eigenvalue weighted by Crippen LogP contribution is 2.27. The number of nitrogen functional groups attached to an aromatic ring is 1. The first-order chi connectivity index (χ1) is 9.28. The van der Waals surface area contributed by atoms with Crippen LogP contribution in [0.15, 0.2) is 42.7 Å². The zero-order valence-electron chi connectivity index (χ0n) is 9.83. The van der Waals surface area contributed by atoms with Crippen molar-refractivity contribution < 1.29 is 4.79 Å². The van der Waals surface area contributed by atoms with Gasteiger partial charge in [0.05, 0.1) is 10.2 Å². The fourth-order valence-corrected chi connectivity index (χ4v) is 2.65. The number of aromatic nitrogens is 2. The molecule has 0 spiro atoms. The monoisotopic (exact) mass is 270 g/mol. The van der Waals surface area contributed by atoms with Gasteiger partial charge in [-0.25, -0.2) is 10.8 Å². The topological polar surface area (TPSA) is 80.9 Å². The van der Waals surface area contributed by atoms with Gasteiger partial charge in [-0.3, -0.25) is 15.2 Å². The first kappa shape index (κ1) is 11.8. The number of carbonyl (C=O) groups excluding carboxylic acids is 1. The molecule has 0 atom stereocenters. The van der Waals surface area contributed by atoms with Crippen LogP contribution in [0.5, 0.6) is 0 Å². The van der Waals surface area contributed by atoms with Gasteiger partial charge < -0.3 is 0 Å². The van der Waals surface area contributed by atoms with Crippen LogP contribution in [0.25, 0.3) is 21.3 Å². The molecule has 2 aromatic heterocycles. The predicted octanol–water partition coefficient (Wildman–Crippen LogP) is 1.96. The number of carbonyl (C=O) groups is 1. The van der Waals surface area contributed by atoms with Gasteiger partial charge in [0, 0.05) is 18.0 Å². The van der Waals surface area contributed by atoms with Crippen molar-refractivity contribution in [3.05, 3.63) is 47.7 Å². The molecule has 0 fully saturated rings. The van der Waals surface area contributed by atoms with E-state index in [1.54, 1.807) is 12.4 Å². The number of rotatable bonds is 2. The fraction of sp³-hybridized carbons (Fsp3) is 0. The summed E-state index contributed by atoms with van der Waals surface area (Å²) in [6, 6.07) is 9.74. The van der Waals surface area contributed by atoms with E-state index in [2.05, 4.69) is 15.4 Å². The molecule has 3 aromatic rings. The van der Waals surface area contributed by atoms with E-state index < -0.39 is 0 Å². The molecule has 0 unspecified atom stereocenters. The number of hydrogen-bond acceptors (Lipinski definition) is 5. The highest BCUT2D eigenvalue weighted by molar-refractivity contribution is 7.20. The molecule has 2 heterocycles. The second kappa shape index (κ2) is 4.75. The maximum Gasteiger partial charge on any atom is 0.294 e. The average molecular weight is 270 g/mol. The minimum Gasteiger partial charge on any atom is -0.288 e. The van der Waals surface area contributed by atoms with Gasteiger partial charge in [0.15, 0.2) is 5.01 Å². The second-order valence-electron chi connectivity index (χ2n) is 3.92. The number of pyridine rings is 1. The first-order valence-electron chi connectivity index (χ1n) is 5.60. The number of thiazole rings is 1. The summed E-state index contributed by atoms with van der Waals surface area (Å²) in [6.07, 6.45) is 3.52. The SMILES string of the molecule is NNC(=O)c1nc2cc(-c3cccnc3)ccc2s1. The van der Waals surface area contributed by atoms with E-state index in [0.717, 1.165) is 21.3 Å². The summed E-state index contributed by atoms with van der Waals surface area (Å²) in [5.74, 6) is 4.73. The Balaban J connectivity index is 2.09. The van der Waals surface area contributed by atoms with Crippen molar-refractivity contribution in [3.8, 4) is 11.1 Å². The number of amides is 1. The molecule has 5 nitrogen and oxygen atoms in total. The number of hydrogen-bond donors (Lipinski definition) is 2. The molecular weight excluding hydrogens is 260 g/mol. The van der Waals surface area contributed by atoms with Crippen LogP contribution in [0.2, 0.25) is 0 Å². The molecular formula is C13H10N4OS. The minimum absolute atomic E-state index is 0.362. The smallest absolute Gasteiger partial charge is 0.288 e. The lowest BCUT2D eigenvalue weighted by molar-refractivity contribution is 0.0953. The van der Waals surface area contributed by atoms with Gasteiger partial charge in [-0.05, 0) is 23.8 Å². The third-order valence-corrected chi connectivity index (χ3v) is 3.74. The quantitative estimate of drug-likeness (QED) is 0.424. The Morgan fingerprint density at radius 2 is 2.16 bits per heavy atom. The molecule has 0 saturated heterocycles. The van der Waals surface area contributed by atoms with E-state index >= 15 is 0 Å². The van der Waals surface area contributed by atoms with E-state index in [-0.39, 0.29) is 5.91 Å². The highest BCUT2D eigenvalue weighted by atomic mass is 32.1. The lowest BCUT2D eigenvalue weighted by Crippen LogP contribution is -2.29. The van der Waals surface area contributed by atoms with Crippen molar-refractivity contribution in [2.45, 2.75) is 0 Å². The normalized spacial score (nSPS) is 10.6. The van der Waals surface area contributed by atoms with Crippen molar-refractivity contribution in [2.75, 3.05) is 0 Å². The third kappa shape index (κ3) is 2.18. The van der Waals surface area contributed by atoms with Gasteiger partial charge in [0.2, 0.25) is 0 Å². The van der Waals surface area contributed by atoms with E-state index in [1.807, 2.05) is 30.3 Å². The van der Waals surface area contributed by atoms with Gasteiger partial charge in [0.25, 0.3) is 5.91 Å². The van der Waals surface area contributed by atoms with Crippen LogP contribution in [-0.4, -0.2) is 15.9 Å². The van der Waals surface area contributed by atoms with E-state index in [4.69, 9.17) is 5.84 Å². The van der Waals surface area contributed by atoms with Crippen LogP contribution >= 0.6 is 11.3 Å². The van der Waals surface area contributed by atoms with E-state index in [0.29, 0.717) is 5.01 Å². The average Bonchev–Trinajstić information content (AvgIpc) is 2.90. The van der Waals surface area contributed by atoms with Crippen molar-refractivity contribution in [2.24, 2.45) is 5.84 Å². The molecule has 0 radical (unpaired) electrons. The predicted molar refractivity (Wildman–Crippen MR) is 74.5 cm³/mol. The van der Waals surface area contributed by atoms with Crippen molar-refractivity contribution in [3.63, 3.8) is 0 Å². The van der Waals surface area contributed by atoms with Crippen LogP contribution in [0, 0.1) is 0 Å². The molecule has 1 aromatic carbocycles. The summed E-state index contributed by atoms with van der Waals surface area (Å²) >= 11 is 1.32. The van der Waals surface area contributed by atoms with Gasteiger partial charge in [-0.15, -0.1) is 11.3 Å². The van der Waals surface area contributed by atoms with Crippen molar-refractivity contribution >= 4 is 27.5 Å². The molecule has 1 amide bonds. The summed E-state index contributed by atoms with van der Waals surface area (Å²) in [5, 5.41) is 0.362. The summed E-state index contributed by atoms with van der Waals surface area (Å²) < 4.78 is 0.950. The maximum atomic E-state index is 11.4. The number of hydrazine groups is 1. The molecule has 94 valence electrons. The molecule has 19 heavy (non-hydrogen) atoms. The molecule has 0 aliphatic heterocycles. The largest absolute Gasteiger partial charge is 0.294 e. The number of benzene rings is 1. The third-order valence-electron chi connectivity index (χ3n) is 2.71. The van der Waals surface area contributed by atoms with Gasteiger partial charge >= 0.3 is 0 Å². The van der Waals surface area contributed by atoms with Crippen molar-refractivity contribution in [1.82, 2.24) is 15.4 Å². The fourth-order valence-electron chi connectivity index (χ4n) is 1.80. The molecule has 6 heteroatoms. The van der Waals surface area contributed by atoms with Crippen LogP contribution in [-0.2, 0) is 0 Å². The highest BCUT2D eigenvalue weighted by Gasteiger charge is 2.11. The number of fused-ring (bicyclic) bond motifs is 1. The molecule has 3 N–H and O–H groups in total. The zero-order chi connectivity index (χ0) is 13.2. The number of nitrogens with two attached hydrogens (primary N) is 1. The van der Waals surface area contributed by atoms with E-state index in [1.165, 1.54) is 11.3 Å². The minimum atomic E-state index is -0.371. The van der Waals surface area contributed by atoms with Gasteiger partial charge in [-0.2, -0.15) is 0 Å². The summed E-state index contributed by atoms with van der Waals surface area (Å²) in [6.45, 7) is 0. The number of nitrogens with one attached hydrogen (secondary N) is 1. The Labute approximate surface area is 113 Å². The Kier molecular flexibility index (Phi) is 2.94. The Bertz CT molecular complexity index is 739. The Morgan fingerprint density at radius 1 is 1.26 bits per heavy atom. The Hall–Kier alpha value is -2.31. The summed E-state index contributed by atoms with van der Waals surface area (Å²) in [7, 11) is 0. The lowest BCUT2D eigenvalue weighted by Gasteiger charge is -1.99. The van der Waals surface area contributed by atoms with Gasteiger partial charge in [0.1, 0.15) is 0 Å². The van der Waals surface area contributed by atoms with Crippen molar-refractivity contribution in [1.29, 1.82) is 0 Å². The van der Waals surface area contributed by atoms with Crippen LogP contribution in [0.4, 0.5) is 0 Å². The second-order valence-corrected chi connectivity index (χ2v) is 4.95. The van der Waals surface area contributed by atoms with Crippen LogP contribution in [0.1, 0.15) is 9.80 Å². The summed E-state index contributed by atoms with van der Waals surface area (Å²) in [4.78, 5) is 19.8. The van der Waals surface area contributed by atoms with Gasteiger partial charge in [-0.1, -0.05) is 12.1 Å². The molecule has 0 bridgehead atoms. The van der Waals surface area contributed by atoms with E-state index in [9.17, 15) is 4.79 Å². The standard InChI is InChI=1S/C13H10N4OS/c14-17-12(18)13-16-10-6-8(3-4-11(10)19-13)9-2-1-5-15-7-9/h1-7H,14H2,(H,17,18). The molecule has 0 saturated carbocycles. The first-order valence-corrected chi connectivity index (χ1v) is 6.41. The van der Waals surface area contributed by atoms with Crippen LogP contribution < -0.4 is 11.3 Å². The molecule has 0 aliphatic carbocycles. The summed E-state index contributed by atoms with van der Waals surface area (Å²) in [5.41, 5.74) is 4.90. The molecule has 0 aliphatic rings. The zero-order valence-corrected chi connectivity index (χ0v) is 10.6. The van der Waals surface area contributed by atoms with Crippen LogP contribution in [0.3, 0.4) is 0 Å². The maximum absolute atomic E-state index is 11.4. The number of nitrogens with zero attached hydrogens (tertiary/aromatic N) is 2. The lowest BCUT2D eigenvalue weighted by atomic mass is 10.1.